The van der Waals surface area contributed by atoms with Gasteiger partial charge in [-0.3, -0.25) is 4.79 Å². The Bertz CT molecular complexity index is 596. The van der Waals surface area contributed by atoms with Gasteiger partial charge >= 0.3 is 0 Å². The van der Waals surface area contributed by atoms with Crippen LogP contribution in [0.2, 0.25) is 0 Å². The fourth-order valence-electron chi connectivity index (χ4n) is 1.96. The van der Waals surface area contributed by atoms with Crippen molar-refractivity contribution in [3.8, 4) is 0 Å². The maximum Gasteiger partial charge on any atom is 0.251 e. The van der Waals surface area contributed by atoms with Gasteiger partial charge < -0.3 is 5.32 Å². The number of hydrogen-bond donors (Lipinski definition) is 1. The summed E-state index contributed by atoms with van der Waals surface area (Å²) in [4.78, 5) is 12.1. The third-order valence-electron chi connectivity index (χ3n) is 2.92. The highest BCUT2D eigenvalue weighted by Crippen LogP contribution is 2.13. The molecule has 1 N–H and O–H groups in total. The minimum Gasteiger partial charge on any atom is -0.349 e. The predicted molar refractivity (Wildman–Crippen MR) is 88.9 cm³/mol. The molecule has 0 spiro atoms. The number of carbonyl (C=O) groups is 1. The highest BCUT2D eigenvalue weighted by molar-refractivity contribution is 9.10. The number of hydrogen-bond acceptors (Lipinski definition) is 1. The molecule has 0 saturated heterocycles. The van der Waals surface area contributed by atoms with E-state index >= 15 is 0 Å². The summed E-state index contributed by atoms with van der Waals surface area (Å²) < 4.78 is 1.97. The molecule has 2 nitrogen and oxygen atoms in total. The van der Waals surface area contributed by atoms with Gasteiger partial charge in [-0.15, -0.1) is 0 Å². The summed E-state index contributed by atoms with van der Waals surface area (Å²) in [5.41, 5.74) is 1.87. The van der Waals surface area contributed by atoms with Crippen LogP contribution in [-0.2, 0) is 6.42 Å². The van der Waals surface area contributed by atoms with E-state index in [4.69, 9.17) is 0 Å². The molecule has 1 atom stereocenters. The molecule has 0 aliphatic rings. The van der Waals surface area contributed by atoms with E-state index in [9.17, 15) is 4.79 Å². The van der Waals surface area contributed by atoms with Crippen LogP contribution < -0.4 is 5.32 Å². The lowest BCUT2D eigenvalue weighted by atomic mass is 10.1. The molecule has 20 heavy (non-hydrogen) atoms. The maximum absolute atomic E-state index is 12.1. The first kappa shape index (κ1) is 15.3. The van der Waals surface area contributed by atoms with Crippen LogP contribution in [0.25, 0.3) is 0 Å². The molecule has 0 aliphatic carbocycles. The summed E-state index contributed by atoms with van der Waals surface area (Å²) in [5.74, 6) is -0.0455. The van der Waals surface area contributed by atoms with Crippen molar-refractivity contribution < 1.29 is 4.79 Å². The van der Waals surface area contributed by atoms with E-state index in [0.29, 0.717) is 5.56 Å². The number of rotatable bonds is 4. The van der Waals surface area contributed by atoms with Crippen molar-refractivity contribution in [1.29, 1.82) is 0 Å². The topological polar surface area (TPSA) is 29.1 Å². The predicted octanol–water partition coefficient (Wildman–Crippen LogP) is 4.57. The van der Waals surface area contributed by atoms with Crippen LogP contribution >= 0.6 is 31.9 Å². The van der Waals surface area contributed by atoms with Crippen molar-refractivity contribution in [3.63, 3.8) is 0 Å². The van der Waals surface area contributed by atoms with Crippen LogP contribution in [0.15, 0.2) is 57.5 Å². The highest BCUT2D eigenvalue weighted by Gasteiger charge is 2.10. The Morgan fingerprint density at radius 1 is 1.10 bits per heavy atom. The average Bonchev–Trinajstić information content (AvgIpc) is 2.41. The van der Waals surface area contributed by atoms with Crippen molar-refractivity contribution in [1.82, 2.24) is 5.32 Å². The Labute approximate surface area is 135 Å². The van der Waals surface area contributed by atoms with Crippen LogP contribution in [0.3, 0.4) is 0 Å². The third kappa shape index (κ3) is 4.46. The van der Waals surface area contributed by atoms with E-state index < -0.39 is 0 Å². The van der Waals surface area contributed by atoms with Gasteiger partial charge in [0.05, 0.1) is 0 Å². The van der Waals surface area contributed by atoms with Crippen LogP contribution in [-0.4, -0.2) is 11.9 Å². The summed E-state index contributed by atoms with van der Waals surface area (Å²) in [6.07, 6.45) is 0.813. The minimum atomic E-state index is -0.0455. The molecule has 2 aromatic rings. The Balaban J connectivity index is 1.95. The van der Waals surface area contributed by atoms with Gasteiger partial charge in [0, 0.05) is 20.6 Å². The summed E-state index contributed by atoms with van der Waals surface area (Å²) in [7, 11) is 0. The Morgan fingerprint density at radius 3 is 2.45 bits per heavy atom. The zero-order chi connectivity index (χ0) is 14.5. The molecule has 0 bridgehead atoms. The molecule has 1 unspecified atom stereocenters. The van der Waals surface area contributed by atoms with Gasteiger partial charge in [0.25, 0.3) is 5.91 Å². The van der Waals surface area contributed by atoms with Gasteiger partial charge in [-0.2, -0.15) is 0 Å². The monoisotopic (exact) mass is 395 g/mol. The molecule has 0 radical (unpaired) electrons. The molecule has 4 heteroatoms. The number of carbonyl (C=O) groups excluding carboxylic acids is 1. The second kappa shape index (κ2) is 7.04. The minimum absolute atomic E-state index is 0.0455. The van der Waals surface area contributed by atoms with Crippen molar-refractivity contribution in [2.45, 2.75) is 19.4 Å². The molecule has 0 heterocycles. The maximum atomic E-state index is 12.1. The molecule has 0 fully saturated rings. The molecule has 0 aliphatic heterocycles. The molecule has 2 rings (SSSR count). The van der Waals surface area contributed by atoms with Crippen LogP contribution in [0.4, 0.5) is 0 Å². The lowest BCUT2D eigenvalue weighted by Crippen LogP contribution is -2.34. The number of nitrogens with one attached hydrogen (secondary N) is 1. The fourth-order valence-corrected chi connectivity index (χ4v) is 2.63. The van der Waals surface area contributed by atoms with Crippen LogP contribution in [0, 0.1) is 0 Å². The standard InChI is InChI=1S/C16H15Br2NO/c1-11(9-12-5-7-14(17)8-6-12)19-16(20)13-3-2-4-15(18)10-13/h2-8,10-11H,9H2,1H3,(H,19,20). The van der Waals surface area contributed by atoms with E-state index in [1.165, 1.54) is 5.56 Å². The average molecular weight is 397 g/mol. The SMILES string of the molecule is CC(Cc1ccc(Br)cc1)NC(=O)c1cccc(Br)c1. The molecule has 1 amide bonds. The summed E-state index contributed by atoms with van der Waals surface area (Å²) in [6.45, 7) is 2.01. The Morgan fingerprint density at radius 2 is 1.80 bits per heavy atom. The summed E-state index contributed by atoms with van der Waals surface area (Å²) in [5, 5.41) is 3.01. The quantitative estimate of drug-likeness (QED) is 0.805. The lowest BCUT2D eigenvalue weighted by molar-refractivity contribution is 0.0940. The number of amides is 1. The zero-order valence-corrected chi connectivity index (χ0v) is 14.2. The first-order valence-corrected chi connectivity index (χ1v) is 7.94. The second-order valence-corrected chi connectivity index (χ2v) is 6.55. The summed E-state index contributed by atoms with van der Waals surface area (Å²) in [6, 6.07) is 15.6. The van der Waals surface area contributed by atoms with Crippen molar-refractivity contribution in [3.05, 3.63) is 68.6 Å². The fraction of sp³-hybridized carbons (Fsp3) is 0.188. The van der Waals surface area contributed by atoms with Gasteiger partial charge in [0.15, 0.2) is 0 Å². The second-order valence-electron chi connectivity index (χ2n) is 4.72. The van der Waals surface area contributed by atoms with Crippen molar-refractivity contribution >= 4 is 37.8 Å². The number of benzene rings is 2. The van der Waals surface area contributed by atoms with Crippen molar-refractivity contribution in [2.75, 3.05) is 0 Å². The van der Waals surface area contributed by atoms with Crippen LogP contribution in [0.5, 0.6) is 0 Å². The van der Waals surface area contributed by atoms with E-state index in [1.807, 2.05) is 43.3 Å². The Hall–Kier alpha value is -1.13. The van der Waals surface area contributed by atoms with Gasteiger partial charge in [-0.1, -0.05) is 50.1 Å². The smallest absolute Gasteiger partial charge is 0.251 e. The van der Waals surface area contributed by atoms with Crippen molar-refractivity contribution in [2.24, 2.45) is 0 Å². The molecular formula is C16H15Br2NO. The molecule has 0 aromatic heterocycles. The molecule has 104 valence electrons. The van der Waals surface area contributed by atoms with E-state index in [2.05, 4.69) is 49.3 Å². The van der Waals surface area contributed by atoms with E-state index in [0.717, 1.165) is 15.4 Å². The summed E-state index contributed by atoms with van der Waals surface area (Å²) >= 11 is 6.79. The number of halogens is 2. The normalized spacial score (nSPS) is 11.9. The van der Waals surface area contributed by atoms with Crippen LogP contribution in [0.1, 0.15) is 22.8 Å². The highest BCUT2D eigenvalue weighted by atomic mass is 79.9. The molecule has 2 aromatic carbocycles. The molecular weight excluding hydrogens is 382 g/mol. The first-order chi connectivity index (χ1) is 9.54. The van der Waals surface area contributed by atoms with Gasteiger partial charge in [0.2, 0.25) is 0 Å². The largest absolute Gasteiger partial charge is 0.349 e. The first-order valence-electron chi connectivity index (χ1n) is 6.35. The van der Waals surface area contributed by atoms with Gasteiger partial charge in [-0.25, -0.2) is 0 Å². The zero-order valence-electron chi connectivity index (χ0n) is 11.1. The van der Waals surface area contributed by atoms with Gasteiger partial charge in [-0.05, 0) is 49.2 Å². The van der Waals surface area contributed by atoms with Gasteiger partial charge in [0.1, 0.15) is 0 Å². The lowest BCUT2D eigenvalue weighted by Gasteiger charge is -2.14. The Kier molecular flexibility index (Phi) is 5.38. The third-order valence-corrected chi connectivity index (χ3v) is 3.94. The van der Waals surface area contributed by atoms with E-state index in [1.54, 1.807) is 0 Å². The van der Waals surface area contributed by atoms with E-state index in [-0.39, 0.29) is 11.9 Å². The molecule has 0 saturated carbocycles.